The molecule has 1 aromatic heterocycles. The lowest BCUT2D eigenvalue weighted by molar-refractivity contribution is 0.102. The molecule has 0 atom stereocenters. The van der Waals surface area contributed by atoms with Crippen molar-refractivity contribution in [1.29, 1.82) is 0 Å². The number of hydrogen-bond acceptors (Lipinski definition) is 5. The molecular weight excluding hydrogens is 356 g/mol. The third-order valence-electron chi connectivity index (χ3n) is 3.60. The van der Waals surface area contributed by atoms with Gasteiger partial charge in [0.2, 0.25) is 0 Å². The molecule has 0 saturated heterocycles. The van der Waals surface area contributed by atoms with E-state index in [0.29, 0.717) is 17.5 Å². The van der Waals surface area contributed by atoms with Gasteiger partial charge in [0, 0.05) is 5.56 Å². The second kappa shape index (κ2) is 8.13. The van der Waals surface area contributed by atoms with Gasteiger partial charge in [-0.1, -0.05) is 6.07 Å². The van der Waals surface area contributed by atoms with Gasteiger partial charge in [0.05, 0.1) is 23.6 Å². The first kappa shape index (κ1) is 18.1. The van der Waals surface area contributed by atoms with Crippen molar-refractivity contribution in [3.63, 3.8) is 0 Å². The Morgan fingerprint density at radius 2 is 1.93 bits per heavy atom. The van der Waals surface area contributed by atoms with Crippen LogP contribution < -0.4 is 10.1 Å². The number of benzene rings is 2. The van der Waals surface area contributed by atoms with Gasteiger partial charge in [0.15, 0.2) is 11.6 Å². The minimum atomic E-state index is -0.990. The van der Waals surface area contributed by atoms with Gasteiger partial charge in [0.25, 0.3) is 5.91 Å². The predicted molar refractivity (Wildman–Crippen MR) is 92.5 cm³/mol. The molecule has 1 heterocycles. The highest BCUT2D eigenvalue weighted by Crippen LogP contribution is 2.23. The summed E-state index contributed by atoms with van der Waals surface area (Å²) in [5.74, 6) is -2.28. The number of hydrogen-bond donors (Lipinski definition) is 1. The van der Waals surface area contributed by atoms with E-state index in [1.54, 1.807) is 6.07 Å². The standard InChI is InChI=1S/C19H13F2N3O3/c20-16-3-1-13(8-17(16)21)11-27-18-4-2-12(10-25)7-15(18)19(26)24-14-5-6-22-23-9-14/h1-10H,11H2,(H,22,24,26). The molecule has 0 bridgehead atoms. The van der Waals surface area contributed by atoms with Crippen LogP contribution in [0.4, 0.5) is 14.5 Å². The van der Waals surface area contributed by atoms with Gasteiger partial charge in [-0.15, -0.1) is 0 Å². The van der Waals surface area contributed by atoms with Crippen molar-refractivity contribution in [2.24, 2.45) is 0 Å². The molecule has 0 fully saturated rings. The molecule has 0 unspecified atom stereocenters. The summed E-state index contributed by atoms with van der Waals surface area (Å²) in [4.78, 5) is 23.6. The summed E-state index contributed by atoms with van der Waals surface area (Å²) in [5, 5.41) is 9.90. The zero-order valence-electron chi connectivity index (χ0n) is 13.9. The van der Waals surface area contributed by atoms with Crippen LogP contribution in [-0.4, -0.2) is 22.4 Å². The van der Waals surface area contributed by atoms with Gasteiger partial charge < -0.3 is 10.1 Å². The number of aromatic nitrogens is 2. The molecule has 136 valence electrons. The Labute approximate surface area is 152 Å². The average molecular weight is 369 g/mol. The van der Waals surface area contributed by atoms with E-state index < -0.39 is 17.5 Å². The third kappa shape index (κ3) is 4.49. The summed E-state index contributed by atoms with van der Waals surface area (Å²) in [6.07, 6.45) is 3.38. The lowest BCUT2D eigenvalue weighted by Gasteiger charge is -2.12. The fourth-order valence-corrected chi connectivity index (χ4v) is 2.28. The summed E-state index contributed by atoms with van der Waals surface area (Å²) >= 11 is 0. The van der Waals surface area contributed by atoms with Crippen molar-refractivity contribution < 1.29 is 23.1 Å². The summed E-state index contributed by atoms with van der Waals surface area (Å²) in [7, 11) is 0. The summed E-state index contributed by atoms with van der Waals surface area (Å²) in [6.45, 7) is -0.0886. The van der Waals surface area contributed by atoms with Crippen LogP contribution in [0.15, 0.2) is 54.9 Å². The van der Waals surface area contributed by atoms with Crippen molar-refractivity contribution in [2.45, 2.75) is 6.61 Å². The minimum absolute atomic E-state index is 0.0886. The molecule has 8 heteroatoms. The zero-order chi connectivity index (χ0) is 19.2. The Hall–Kier alpha value is -3.68. The first-order chi connectivity index (χ1) is 13.1. The van der Waals surface area contributed by atoms with Crippen molar-refractivity contribution in [3.8, 4) is 5.75 Å². The smallest absolute Gasteiger partial charge is 0.259 e. The molecular formula is C19H13F2N3O3. The van der Waals surface area contributed by atoms with Crippen molar-refractivity contribution in [3.05, 3.63) is 83.2 Å². The highest BCUT2D eigenvalue weighted by atomic mass is 19.2. The molecule has 1 amide bonds. The second-order valence-electron chi connectivity index (χ2n) is 5.50. The number of amides is 1. The molecule has 3 rings (SSSR count). The molecule has 3 aromatic rings. The number of anilines is 1. The molecule has 0 aliphatic heterocycles. The molecule has 0 aliphatic rings. The molecule has 2 aromatic carbocycles. The normalized spacial score (nSPS) is 10.3. The maximum Gasteiger partial charge on any atom is 0.259 e. The van der Waals surface area contributed by atoms with Crippen LogP contribution in [0.25, 0.3) is 0 Å². The van der Waals surface area contributed by atoms with Gasteiger partial charge in [0.1, 0.15) is 18.6 Å². The number of aldehydes is 1. The maximum absolute atomic E-state index is 13.3. The molecule has 0 radical (unpaired) electrons. The first-order valence-corrected chi connectivity index (χ1v) is 7.81. The lowest BCUT2D eigenvalue weighted by atomic mass is 10.1. The molecule has 1 N–H and O–H groups in total. The Bertz CT molecular complexity index is 981. The van der Waals surface area contributed by atoms with Gasteiger partial charge in [-0.3, -0.25) is 9.59 Å². The highest BCUT2D eigenvalue weighted by Gasteiger charge is 2.15. The Kier molecular flexibility index (Phi) is 5.46. The molecule has 0 saturated carbocycles. The first-order valence-electron chi connectivity index (χ1n) is 7.81. The minimum Gasteiger partial charge on any atom is -0.488 e. The molecule has 27 heavy (non-hydrogen) atoms. The lowest BCUT2D eigenvalue weighted by Crippen LogP contribution is -2.14. The largest absolute Gasteiger partial charge is 0.488 e. The number of carbonyl (C=O) groups is 2. The van der Waals surface area contributed by atoms with Gasteiger partial charge in [-0.05, 0) is 42.0 Å². The predicted octanol–water partition coefficient (Wildman–Crippen LogP) is 3.40. The SMILES string of the molecule is O=Cc1ccc(OCc2ccc(F)c(F)c2)c(C(=O)Nc2ccnnc2)c1. The van der Waals surface area contributed by atoms with E-state index in [1.165, 1.54) is 36.7 Å². The van der Waals surface area contributed by atoms with E-state index in [0.717, 1.165) is 12.1 Å². The van der Waals surface area contributed by atoms with Gasteiger partial charge in [-0.25, -0.2) is 8.78 Å². The number of halogens is 2. The molecule has 0 spiro atoms. The second-order valence-corrected chi connectivity index (χ2v) is 5.50. The van der Waals surface area contributed by atoms with E-state index in [9.17, 15) is 18.4 Å². The number of nitrogens with zero attached hydrogens (tertiary/aromatic N) is 2. The van der Waals surface area contributed by atoms with Crippen molar-refractivity contribution in [2.75, 3.05) is 5.32 Å². The quantitative estimate of drug-likeness (QED) is 0.674. The van der Waals surface area contributed by atoms with Gasteiger partial charge >= 0.3 is 0 Å². The summed E-state index contributed by atoms with van der Waals surface area (Å²) < 4.78 is 31.9. The fourth-order valence-electron chi connectivity index (χ4n) is 2.28. The number of rotatable bonds is 6. The number of ether oxygens (including phenoxy) is 1. The number of carbonyl (C=O) groups excluding carboxylic acids is 2. The van der Waals surface area contributed by atoms with E-state index in [-0.39, 0.29) is 23.5 Å². The van der Waals surface area contributed by atoms with E-state index >= 15 is 0 Å². The van der Waals surface area contributed by atoms with E-state index in [2.05, 4.69) is 15.5 Å². The zero-order valence-corrected chi connectivity index (χ0v) is 13.9. The van der Waals surface area contributed by atoms with Crippen LogP contribution in [0.2, 0.25) is 0 Å². The Morgan fingerprint density at radius 1 is 1.07 bits per heavy atom. The van der Waals surface area contributed by atoms with Crippen LogP contribution in [-0.2, 0) is 6.61 Å². The van der Waals surface area contributed by atoms with Crippen molar-refractivity contribution in [1.82, 2.24) is 10.2 Å². The van der Waals surface area contributed by atoms with Gasteiger partial charge in [-0.2, -0.15) is 10.2 Å². The summed E-state index contributed by atoms with van der Waals surface area (Å²) in [6, 6.07) is 9.25. The van der Waals surface area contributed by atoms with E-state index in [4.69, 9.17) is 4.74 Å². The molecule has 6 nitrogen and oxygen atoms in total. The maximum atomic E-state index is 13.3. The van der Waals surface area contributed by atoms with Crippen LogP contribution in [0.5, 0.6) is 5.75 Å². The monoisotopic (exact) mass is 369 g/mol. The Balaban J connectivity index is 1.82. The van der Waals surface area contributed by atoms with Crippen LogP contribution in [0.1, 0.15) is 26.3 Å². The van der Waals surface area contributed by atoms with Crippen LogP contribution >= 0.6 is 0 Å². The fraction of sp³-hybridized carbons (Fsp3) is 0.0526. The van der Waals surface area contributed by atoms with Crippen molar-refractivity contribution >= 4 is 17.9 Å². The summed E-state index contributed by atoms with van der Waals surface area (Å²) in [5.41, 5.74) is 1.20. The third-order valence-corrected chi connectivity index (χ3v) is 3.60. The highest BCUT2D eigenvalue weighted by molar-refractivity contribution is 6.06. The van der Waals surface area contributed by atoms with Crippen LogP contribution in [0.3, 0.4) is 0 Å². The van der Waals surface area contributed by atoms with Crippen LogP contribution in [0, 0.1) is 11.6 Å². The average Bonchev–Trinajstić information content (AvgIpc) is 2.69. The Morgan fingerprint density at radius 3 is 2.63 bits per heavy atom. The van der Waals surface area contributed by atoms with E-state index in [1.807, 2.05) is 0 Å². The number of nitrogens with one attached hydrogen (secondary N) is 1. The molecule has 0 aliphatic carbocycles. The topological polar surface area (TPSA) is 81.2 Å².